The Balaban J connectivity index is 0.00000420. The van der Waals surface area contributed by atoms with Gasteiger partial charge in [-0.2, -0.15) is 0 Å². The average Bonchev–Trinajstić information content (AvgIpc) is 2.68. The molecule has 1 amide bonds. The first-order valence-corrected chi connectivity index (χ1v) is 9.39. The van der Waals surface area contributed by atoms with Crippen LogP contribution in [0.15, 0.2) is 53.5 Å². The van der Waals surface area contributed by atoms with Crippen molar-refractivity contribution in [3.8, 4) is 5.75 Å². The first-order chi connectivity index (χ1) is 13.4. The van der Waals surface area contributed by atoms with Crippen molar-refractivity contribution < 1.29 is 9.53 Å². The minimum absolute atomic E-state index is 0. The Morgan fingerprint density at radius 3 is 1.86 bits per heavy atom. The number of benzene rings is 2. The topological polar surface area (TPSA) is 66.0 Å². The molecule has 0 aliphatic carbocycles. The number of amides is 1. The molecule has 2 N–H and O–H groups in total. The predicted molar refractivity (Wildman–Crippen MR) is 129 cm³/mol. The molecule has 6 nitrogen and oxygen atoms in total. The predicted octanol–water partition coefficient (Wildman–Crippen LogP) is 3.66. The molecule has 2 aromatic carbocycles. The standard InChI is InChI=1S/C22H30N4O2.HI/c1-16(2)28-20-12-8-18(9-13-20)15-25-22(23-3)24-14-17-6-10-19(11-7-17)21(27)26(4)5;/h6-13,16H,14-15H2,1-5H3,(H2,23,24,25);1H. The molecule has 0 saturated carbocycles. The molecule has 0 aliphatic heterocycles. The Hall–Kier alpha value is -2.29. The summed E-state index contributed by atoms with van der Waals surface area (Å²) in [6.07, 6.45) is 0.169. The quantitative estimate of drug-likeness (QED) is 0.339. The van der Waals surface area contributed by atoms with E-state index in [1.807, 2.05) is 62.4 Å². The molecule has 0 saturated heterocycles. The maximum absolute atomic E-state index is 11.9. The Morgan fingerprint density at radius 1 is 0.966 bits per heavy atom. The van der Waals surface area contributed by atoms with E-state index in [-0.39, 0.29) is 36.0 Å². The number of rotatable bonds is 7. The van der Waals surface area contributed by atoms with Crippen molar-refractivity contribution >= 4 is 35.8 Å². The molecule has 0 unspecified atom stereocenters. The molecule has 0 heterocycles. The molecule has 29 heavy (non-hydrogen) atoms. The van der Waals surface area contributed by atoms with Gasteiger partial charge in [0.2, 0.25) is 0 Å². The fourth-order valence-corrected chi connectivity index (χ4v) is 2.57. The second kappa shape index (κ2) is 12.3. The lowest BCUT2D eigenvalue weighted by Crippen LogP contribution is -2.36. The lowest BCUT2D eigenvalue weighted by molar-refractivity contribution is 0.0827. The molecule has 0 aliphatic rings. The SMILES string of the molecule is CN=C(NCc1ccc(OC(C)C)cc1)NCc1ccc(C(=O)N(C)C)cc1.I. The molecule has 0 radical (unpaired) electrons. The van der Waals surface area contributed by atoms with Crippen LogP contribution in [0.3, 0.4) is 0 Å². The minimum atomic E-state index is 0. The van der Waals surface area contributed by atoms with Gasteiger partial charge in [-0.1, -0.05) is 24.3 Å². The monoisotopic (exact) mass is 510 g/mol. The van der Waals surface area contributed by atoms with Gasteiger partial charge in [0.25, 0.3) is 5.91 Å². The Morgan fingerprint density at radius 2 is 1.45 bits per heavy atom. The zero-order chi connectivity index (χ0) is 20.5. The summed E-state index contributed by atoms with van der Waals surface area (Å²) >= 11 is 0. The van der Waals surface area contributed by atoms with Crippen LogP contribution in [0, 0.1) is 0 Å². The van der Waals surface area contributed by atoms with E-state index >= 15 is 0 Å². The molecule has 2 rings (SSSR count). The first-order valence-electron chi connectivity index (χ1n) is 9.39. The Kier molecular flexibility index (Phi) is 10.5. The fourth-order valence-electron chi connectivity index (χ4n) is 2.57. The third kappa shape index (κ3) is 8.31. The van der Waals surface area contributed by atoms with E-state index in [9.17, 15) is 4.79 Å². The lowest BCUT2D eigenvalue weighted by Gasteiger charge is -2.14. The van der Waals surface area contributed by atoms with Gasteiger partial charge < -0.3 is 20.3 Å². The van der Waals surface area contributed by atoms with Crippen molar-refractivity contribution in [2.75, 3.05) is 21.1 Å². The number of aliphatic imine (C=N–C) groups is 1. The molecular formula is C22H31IN4O2. The average molecular weight is 510 g/mol. The summed E-state index contributed by atoms with van der Waals surface area (Å²) in [5.74, 6) is 1.59. The zero-order valence-corrected chi connectivity index (χ0v) is 20.1. The van der Waals surface area contributed by atoms with Crippen molar-refractivity contribution in [2.24, 2.45) is 4.99 Å². The highest BCUT2D eigenvalue weighted by atomic mass is 127. The van der Waals surface area contributed by atoms with Crippen LogP contribution in [-0.4, -0.2) is 44.0 Å². The van der Waals surface area contributed by atoms with Crippen molar-refractivity contribution in [1.82, 2.24) is 15.5 Å². The smallest absolute Gasteiger partial charge is 0.253 e. The molecule has 158 valence electrons. The highest BCUT2D eigenvalue weighted by Crippen LogP contribution is 2.13. The second-order valence-corrected chi connectivity index (χ2v) is 6.99. The third-order valence-corrected chi connectivity index (χ3v) is 4.05. The summed E-state index contributed by atoms with van der Waals surface area (Å²) in [5, 5.41) is 6.58. The van der Waals surface area contributed by atoms with Crippen molar-refractivity contribution in [1.29, 1.82) is 0 Å². The van der Waals surface area contributed by atoms with Crippen LogP contribution < -0.4 is 15.4 Å². The maximum Gasteiger partial charge on any atom is 0.253 e. The van der Waals surface area contributed by atoms with Gasteiger partial charge in [0.05, 0.1) is 6.10 Å². The maximum atomic E-state index is 11.9. The van der Waals surface area contributed by atoms with Crippen LogP contribution >= 0.6 is 24.0 Å². The van der Waals surface area contributed by atoms with E-state index in [0.29, 0.717) is 18.7 Å². The number of nitrogens with one attached hydrogen (secondary N) is 2. The van der Waals surface area contributed by atoms with Gasteiger partial charge in [-0.3, -0.25) is 9.79 Å². The number of nitrogens with zero attached hydrogens (tertiary/aromatic N) is 2. The molecule has 7 heteroatoms. The normalized spacial score (nSPS) is 10.9. The van der Waals surface area contributed by atoms with E-state index in [1.54, 1.807) is 26.0 Å². The number of carbonyl (C=O) groups excluding carboxylic acids is 1. The molecule has 0 bridgehead atoms. The Bertz CT molecular complexity index is 787. The minimum Gasteiger partial charge on any atom is -0.491 e. The fraction of sp³-hybridized carbons (Fsp3) is 0.364. The van der Waals surface area contributed by atoms with Crippen molar-refractivity contribution in [3.05, 3.63) is 65.2 Å². The summed E-state index contributed by atoms with van der Waals surface area (Å²) in [6.45, 7) is 5.31. The van der Waals surface area contributed by atoms with Crippen molar-refractivity contribution in [2.45, 2.75) is 33.0 Å². The largest absolute Gasteiger partial charge is 0.491 e. The van der Waals surface area contributed by atoms with Gasteiger partial charge in [-0.05, 0) is 49.2 Å². The van der Waals surface area contributed by atoms with Gasteiger partial charge in [0.15, 0.2) is 5.96 Å². The molecule has 0 fully saturated rings. The number of ether oxygens (including phenoxy) is 1. The van der Waals surface area contributed by atoms with E-state index in [0.717, 1.165) is 22.8 Å². The third-order valence-electron chi connectivity index (χ3n) is 4.05. The summed E-state index contributed by atoms with van der Waals surface area (Å²) in [5.41, 5.74) is 2.90. The number of guanidine groups is 1. The van der Waals surface area contributed by atoms with E-state index in [1.165, 1.54) is 0 Å². The van der Waals surface area contributed by atoms with Gasteiger partial charge in [0.1, 0.15) is 5.75 Å². The number of hydrogen-bond acceptors (Lipinski definition) is 3. The molecule has 0 aromatic heterocycles. The molecule has 2 aromatic rings. The van der Waals surface area contributed by atoms with Gasteiger partial charge in [0, 0.05) is 39.8 Å². The zero-order valence-electron chi connectivity index (χ0n) is 17.7. The number of hydrogen-bond donors (Lipinski definition) is 2. The highest BCUT2D eigenvalue weighted by Gasteiger charge is 2.07. The van der Waals surface area contributed by atoms with Crippen LogP contribution in [0.2, 0.25) is 0 Å². The Labute approximate surface area is 190 Å². The van der Waals surface area contributed by atoms with Gasteiger partial charge >= 0.3 is 0 Å². The number of carbonyl (C=O) groups is 1. The van der Waals surface area contributed by atoms with E-state index < -0.39 is 0 Å². The highest BCUT2D eigenvalue weighted by molar-refractivity contribution is 14.0. The molecular weight excluding hydrogens is 479 g/mol. The summed E-state index contributed by atoms with van der Waals surface area (Å²) in [7, 11) is 5.24. The second-order valence-electron chi connectivity index (χ2n) is 6.99. The van der Waals surface area contributed by atoms with Crippen LogP contribution in [0.25, 0.3) is 0 Å². The van der Waals surface area contributed by atoms with Gasteiger partial charge in [-0.15, -0.1) is 24.0 Å². The lowest BCUT2D eigenvalue weighted by atomic mass is 10.1. The van der Waals surface area contributed by atoms with E-state index in [4.69, 9.17) is 4.74 Å². The van der Waals surface area contributed by atoms with Crippen LogP contribution in [0.1, 0.15) is 35.3 Å². The van der Waals surface area contributed by atoms with E-state index in [2.05, 4.69) is 15.6 Å². The van der Waals surface area contributed by atoms with Crippen LogP contribution in [-0.2, 0) is 13.1 Å². The summed E-state index contributed by atoms with van der Waals surface area (Å²) < 4.78 is 5.66. The van der Waals surface area contributed by atoms with Crippen molar-refractivity contribution in [3.63, 3.8) is 0 Å². The van der Waals surface area contributed by atoms with Crippen LogP contribution in [0.5, 0.6) is 5.75 Å². The molecule has 0 spiro atoms. The number of halogens is 1. The summed E-state index contributed by atoms with van der Waals surface area (Å²) in [4.78, 5) is 17.8. The first kappa shape index (κ1) is 24.7. The van der Waals surface area contributed by atoms with Gasteiger partial charge in [-0.25, -0.2) is 0 Å². The summed E-state index contributed by atoms with van der Waals surface area (Å²) in [6, 6.07) is 15.6. The molecule has 0 atom stereocenters. The van der Waals surface area contributed by atoms with Crippen LogP contribution in [0.4, 0.5) is 0 Å².